The van der Waals surface area contributed by atoms with Crippen LogP contribution in [0.1, 0.15) is 180 Å². The number of benzene rings is 9. The van der Waals surface area contributed by atoms with Crippen LogP contribution in [0.5, 0.6) is 0 Å². The number of rotatable bonds is 8. The van der Waals surface area contributed by atoms with Crippen LogP contribution in [-0.2, 0) is 37.9 Å². The van der Waals surface area contributed by atoms with E-state index in [1.807, 2.05) is 0 Å². The van der Waals surface area contributed by atoms with E-state index in [1.165, 1.54) is 129 Å². The van der Waals surface area contributed by atoms with E-state index in [4.69, 9.17) is 0 Å². The third-order valence-electron chi connectivity index (χ3n) is 20.9. The molecule has 0 aromatic heterocycles. The van der Waals surface area contributed by atoms with E-state index in [0.29, 0.717) is 0 Å². The van der Waals surface area contributed by atoms with E-state index in [2.05, 4.69) is 308 Å². The second kappa shape index (κ2) is 19.1. The molecule has 0 N–H and O–H groups in total. The van der Waals surface area contributed by atoms with Crippen molar-refractivity contribution in [2.24, 2.45) is 0 Å². The Kier molecular flexibility index (Phi) is 12.6. The molecule has 0 radical (unpaired) electrons. The lowest BCUT2D eigenvalue weighted by Crippen LogP contribution is -2.62. The van der Waals surface area contributed by atoms with Gasteiger partial charge in [0.1, 0.15) is 0 Å². The van der Waals surface area contributed by atoms with Crippen molar-refractivity contribution < 1.29 is 0 Å². The summed E-state index contributed by atoms with van der Waals surface area (Å²) in [5.74, 6) is 0. The van der Waals surface area contributed by atoms with Gasteiger partial charge in [0.15, 0.2) is 0 Å². The lowest BCUT2D eigenvalue weighted by atomic mass is 9.33. The zero-order valence-electron chi connectivity index (χ0n) is 52.3. The predicted molar refractivity (Wildman–Crippen MR) is 358 cm³/mol. The van der Waals surface area contributed by atoms with E-state index >= 15 is 0 Å². The molecule has 13 rings (SSSR count). The molecule has 9 aromatic rings. The first-order valence-electron chi connectivity index (χ1n) is 31.0. The molecule has 418 valence electrons. The van der Waals surface area contributed by atoms with Gasteiger partial charge < -0.3 is 9.80 Å². The fourth-order valence-corrected chi connectivity index (χ4v) is 15.1. The summed E-state index contributed by atoms with van der Waals surface area (Å²) in [5.41, 5.74) is 28.1. The Labute approximate surface area is 498 Å². The van der Waals surface area contributed by atoms with E-state index in [-0.39, 0.29) is 44.6 Å². The van der Waals surface area contributed by atoms with Gasteiger partial charge in [-0.1, -0.05) is 249 Å². The van der Waals surface area contributed by atoms with Gasteiger partial charge in [0, 0.05) is 50.4 Å². The summed E-state index contributed by atoms with van der Waals surface area (Å²) in [6, 6.07) is 75.7. The minimum absolute atomic E-state index is 0.00286. The zero-order chi connectivity index (χ0) is 58.4. The molecule has 2 nitrogen and oxygen atoms in total. The smallest absolute Gasteiger partial charge is 0.252 e. The number of nitrogens with zero attached hydrogens (tertiary/aromatic N) is 2. The second-order valence-corrected chi connectivity index (χ2v) is 29.9. The van der Waals surface area contributed by atoms with Crippen LogP contribution in [0.25, 0.3) is 22.3 Å². The highest BCUT2D eigenvalue weighted by molar-refractivity contribution is 7.00. The molecule has 0 atom stereocenters. The van der Waals surface area contributed by atoms with Gasteiger partial charge in [-0.15, -0.1) is 0 Å². The molecule has 2 heterocycles. The lowest BCUT2D eigenvalue weighted by molar-refractivity contribution is 0.332. The summed E-state index contributed by atoms with van der Waals surface area (Å²) >= 11 is 0. The van der Waals surface area contributed by atoms with Gasteiger partial charge in [0.25, 0.3) is 6.71 Å². The van der Waals surface area contributed by atoms with Gasteiger partial charge in [-0.3, -0.25) is 0 Å². The van der Waals surface area contributed by atoms with E-state index < -0.39 is 0 Å². The summed E-state index contributed by atoms with van der Waals surface area (Å²) in [5, 5.41) is 0. The average molecular weight is 1090 g/mol. The van der Waals surface area contributed by atoms with Crippen molar-refractivity contribution in [1.82, 2.24) is 0 Å². The number of fused-ring (bicyclic) bond motifs is 6. The lowest BCUT2D eigenvalue weighted by Gasteiger charge is -2.49. The highest BCUT2D eigenvalue weighted by Crippen LogP contribution is 2.56. The molecular formula is C80H85BN2. The summed E-state index contributed by atoms with van der Waals surface area (Å²) < 4.78 is 0. The number of hydrogen-bond acceptors (Lipinski definition) is 2. The fraction of sp³-hybridized carbons (Fsp3) is 0.325. The van der Waals surface area contributed by atoms with Crippen molar-refractivity contribution in [3.05, 3.63) is 244 Å². The maximum Gasteiger partial charge on any atom is 0.252 e. The Balaban J connectivity index is 1.21. The highest BCUT2D eigenvalue weighted by atomic mass is 15.2. The summed E-state index contributed by atoms with van der Waals surface area (Å²) in [4.78, 5) is 5.51. The van der Waals surface area contributed by atoms with Crippen molar-refractivity contribution in [2.45, 2.75) is 167 Å². The molecule has 2 aliphatic heterocycles. The van der Waals surface area contributed by atoms with Crippen LogP contribution in [0.3, 0.4) is 0 Å². The first kappa shape index (κ1) is 54.9. The SMILES string of the molecule is CC(C)(C)c1cc2c3c(c1)N(c1c(-c4ccccc4)cc(C(C)(C)c4ccccc4)cc1-c1ccccc1)c1cc(C(C)(C)c4ccccc4)ccc1B3c1cc3c(cc1N2c1ccc2c(c1)C(C)(C)CCC2(C)C)C(C)(C)CCC3(C)C. The van der Waals surface area contributed by atoms with Gasteiger partial charge in [-0.25, -0.2) is 0 Å². The molecule has 0 bridgehead atoms. The quantitative estimate of drug-likeness (QED) is 0.140. The average Bonchev–Trinajstić information content (AvgIpc) is 2.16. The van der Waals surface area contributed by atoms with Gasteiger partial charge in [-0.2, -0.15) is 0 Å². The number of anilines is 6. The van der Waals surface area contributed by atoms with Gasteiger partial charge in [0.2, 0.25) is 0 Å². The Bertz CT molecular complexity index is 3940. The monoisotopic (exact) mass is 1080 g/mol. The molecule has 3 heteroatoms. The summed E-state index contributed by atoms with van der Waals surface area (Å²) in [6.45, 7) is 36.7. The fourth-order valence-electron chi connectivity index (χ4n) is 15.1. The molecule has 0 spiro atoms. The third kappa shape index (κ3) is 8.88. The maximum absolute atomic E-state index is 2.77. The topological polar surface area (TPSA) is 6.48 Å². The van der Waals surface area contributed by atoms with Crippen LogP contribution in [0.2, 0.25) is 0 Å². The molecular weight excluding hydrogens is 1000 g/mol. The number of hydrogen-bond donors (Lipinski definition) is 0. The molecule has 4 aliphatic rings. The van der Waals surface area contributed by atoms with Crippen molar-refractivity contribution in [3.63, 3.8) is 0 Å². The molecule has 0 amide bonds. The maximum atomic E-state index is 2.77. The molecule has 2 aliphatic carbocycles. The van der Waals surface area contributed by atoms with Crippen LogP contribution in [0, 0.1) is 0 Å². The van der Waals surface area contributed by atoms with E-state index in [0.717, 1.165) is 19.3 Å². The molecule has 9 aromatic carbocycles. The van der Waals surface area contributed by atoms with Gasteiger partial charge in [0.05, 0.1) is 5.69 Å². The van der Waals surface area contributed by atoms with E-state index in [9.17, 15) is 0 Å². The van der Waals surface area contributed by atoms with Gasteiger partial charge >= 0.3 is 0 Å². The first-order valence-corrected chi connectivity index (χ1v) is 31.0. The Morgan fingerprint density at radius 1 is 0.337 bits per heavy atom. The summed E-state index contributed by atoms with van der Waals surface area (Å²) in [7, 11) is 0. The minimum Gasteiger partial charge on any atom is -0.311 e. The Hall–Kier alpha value is -7.36. The third-order valence-corrected chi connectivity index (χ3v) is 20.9. The van der Waals surface area contributed by atoms with Crippen molar-refractivity contribution >= 4 is 57.2 Å². The standard InChI is InChI=1S/C80H85BN2/c1-74(2,3)57-47-70-72-71(48-57)83(73-60(52-28-20-16-21-29-52)44-58(45-61(73)53-30-22-17-23-31-53)80(14,15)55-34-26-19-27-35-55)68-46-56(79(12,13)54-32-24-18-25-33-54)36-39-66(68)81(72)67-50-64-65(78(10,11)43-42-77(64,8)9)51-69(67)82(70)59-37-38-62-63(49-59)76(6,7)41-40-75(62,4)5/h16-39,44-51H,40-43H2,1-15H3. The van der Waals surface area contributed by atoms with Crippen molar-refractivity contribution in [1.29, 1.82) is 0 Å². The Morgan fingerprint density at radius 3 is 1.27 bits per heavy atom. The van der Waals surface area contributed by atoms with E-state index in [1.54, 1.807) is 0 Å². The van der Waals surface area contributed by atoms with Crippen molar-refractivity contribution in [3.8, 4) is 22.3 Å². The van der Waals surface area contributed by atoms with Crippen LogP contribution < -0.4 is 26.2 Å². The van der Waals surface area contributed by atoms with Crippen LogP contribution in [0.15, 0.2) is 194 Å². The molecule has 83 heavy (non-hydrogen) atoms. The normalized spacial score (nSPS) is 17.2. The predicted octanol–water partition coefficient (Wildman–Crippen LogP) is 19.8. The molecule has 0 unspecified atom stereocenters. The van der Waals surface area contributed by atoms with Crippen LogP contribution in [-0.4, -0.2) is 6.71 Å². The molecule has 0 saturated heterocycles. The first-order chi connectivity index (χ1) is 39.3. The molecule has 0 fully saturated rings. The highest BCUT2D eigenvalue weighted by Gasteiger charge is 2.49. The van der Waals surface area contributed by atoms with Crippen molar-refractivity contribution in [2.75, 3.05) is 9.80 Å². The molecule has 0 saturated carbocycles. The Morgan fingerprint density at radius 2 is 0.759 bits per heavy atom. The van der Waals surface area contributed by atoms with Crippen LogP contribution >= 0.6 is 0 Å². The summed E-state index contributed by atoms with van der Waals surface area (Å²) in [6.07, 6.45) is 4.64. The largest absolute Gasteiger partial charge is 0.311 e. The second-order valence-electron chi connectivity index (χ2n) is 29.9. The van der Waals surface area contributed by atoms with Crippen LogP contribution in [0.4, 0.5) is 34.1 Å². The minimum atomic E-state index is -0.319. The zero-order valence-corrected chi connectivity index (χ0v) is 52.3. The van der Waals surface area contributed by atoms with Gasteiger partial charge in [-0.05, 0) is 179 Å².